The molecule has 7 nitrogen and oxygen atoms in total. The van der Waals surface area contributed by atoms with Crippen LogP contribution < -0.4 is 9.64 Å². The van der Waals surface area contributed by atoms with E-state index in [1.54, 1.807) is 35.4 Å². The van der Waals surface area contributed by atoms with Gasteiger partial charge in [-0.05, 0) is 42.0 Å². The highest BCUT2D eigenvalue weighted by atomic mass is 16.5. The Kier molecular flexibility index (Phi) is 5.33. The van der Waals surface area contributed by atoms with Crippen molar-refractivity contribution in [2.75, 3.05) is 11.4 Å². The first-order valence-corrected chi connectivity index (χ1v) is 10.6. The van der Waals surface area contributed by atoms with Gasteiger partial charge in [0.1, 0.15) is 11.9 Å². The normalized spacial score (nSPS) is 20.2. The van der Waals surface area contributed by atoms with E-state index in [4.69, 9.17) is 9.84 Å². The molecule has 0 saturated carbocycles. The Morgan fingerprint density at radius 1 is 1.03 bits per heavy atom. The van der Waals surface area contributed by atoms with E-state index in [0.717, 1.165) is 16.9 Å². The number of likely N-dealkylation sites (tertiary alicyclic amines) is 1. The van der Waals surface area contributed by atoms with Crippen LogP contribution in [0.4, 0.5) is 5.69 Å². The van der Waals surface area contributed by atoms with E-state index >= 15 is 0 Å². The summed E-state index contributed by atoms with van der Waals surface area (Å²) in [6.45, 7) is 1.54. The number of amides is 1. The molecule has 1 saturated heterocycles. The third-order valence-electron chi connectivity index (χ3n) is 6.00. The zero-order valence-corrected chi connectivity index (χ0v) is 17.4. The number of hydrogen-bond donors (Lipinski definition) is 1. The number of hydrogen-bond acceptors (Lipinski definition) is 5. The largest absolute Gasteiger partial charge is 0.487 e. The van der Waals surface area contributed by atoms with Crippen molar-refractivity contribution >= 4 is 17.6 Å². The number of ether oxygens (including phenoxy) is 1. The maximum atomic E-state index is 13.8. The van der Waals surface area contributed by atoms with Crippen LogP contribution in [-0.4, -0.2) is 45.6 Å². The Morgan fingerprint density at radius 3 is 2.56 bits per heavy atom. The Hall–Kier alpha value is -3.71. The lowest BCUT2D eigenvalue weighted by atomic mass is 10.1. The topological polar surface area (TPSA) is 83.0 Å². The van der Waals surface area contributed by atoms with Gasteiger partial charge in [-0.1, -0.05) is 30.3 Å². The minimum Gasteiger partial charge on any atom is -0.487 e. The first-order chi connectivity index (χ1) is 15.6. The van der Waals surface area contributed by atoms with Gasteiger partial charge < -0.3 is 14.7 Å². The Balaban J connectivity index is 1.44. The van der Waals surface area contributed by atoms with Gasteiger partial charge in [0.05, 0.1) is 29.5 Å². The summed E-state index contributed by atoms with van der Waals surface area (Å²) in [5, 5.41) is 9.13. The van der Waals surface area contributed by atoms with Crippen LogP contribution in [0.25, 0.3) is 0 Å². The van der Waals surface area contributed by atoms with Gasteiger partial charge in [0.2, 0.25) is 5.91 Å². The third-order valence-corrected chi connectivity index (χ3v) is 6.00. The monoisotopic (exact) mass is 429 g/mol. The first kappa shape index (κ1) is 20.2. The predicted molar refractivity (Wildman–Crippen MR) is 119 cm³/mol. The number of benzene rings is 2. The number of anilines is 1. The van der Waals surface area contributed by atoms with Gasteiger partial charge in [0.25, 0.3) is 0 Å². The lowest BCUT2D eigenvalue weighted by molar-refractivity contribution is -0.123. The third kappa shape index (κ3) is 3.94. The fourth-order valence-electron chi connectivity index (χ4n) is 4.44. The van der Waals surface area contributed by atoms with Gasteiger partial charge in [0.15, 0.2) is 0 Å². The fraction of sp³-hybridized carbons (Fsp3) is 0.240. The van der Waals surface area contributed by atoms with E-state index in [1.165, 1.54) is 0 Å². The molecule has 7 heteroatoms. The number of carbonyl (C=O) groups is 2. The molecular weight excluding hydrogens is 406 g/mol. The molecule has 0 unspecified atom stereocenters. The minimum atomic E-state index is -0.951. The van der Waals surface area contributed by atoms with Crippen molar-refractivity contribution in [3.05, 3.63) is 89.7 Å². The molecule has 0 radical (unpaired) electrons. The number of para-hydroxylation sites is 2. The maximum absolute atomic E-state index is 13.8. The standard InChI is InChI=1S/C25H23N3O4/c29-24-22-13-20(16-27(22)14-17-8-10-18(11-9-17)25(30)31)32-23-7-2-1-6-21(23)28(24)15-19-5-3-4-12-26-19/h1-12,20,22H,13-16H2,(H,30,31)/t20-,22-/m0/s1. The van der Waals surface area contributed by atoms with Gasteiger partial charge in [-0.25, -0.2) is 4.79 Å². The first-order valence-electron chi connectivity index (χ1n) is 10.6. The second-order valence-electron chi connectivity index (χ2n) is 8.14. The molecule has 3 heterocycles. The van der Waals surface area contributed by atoms with E-state index in [9.17, 15) is 9.59 Å². The summed E-state index contributed by atoms with van der Waals surface area (Å²) in [4.78, 5) is 33.2. The smallest absolute Gasteiger partial charge is 0.335 e. The van der Waals surface area contributed by atoms with Crippen LogP contribution in [0.15, 0.2) is 72.9 Å². The molecule has 2 bridgehead atoms. The summed E-state index contributed by atoms with van der Waals surface area (Å²) in [5.74, 6) is -0.225. The Bertz CT molecular complexity index is 1130. The number of pyridine rings is 1. The van der Waals surface area contributed by atoms with E-state index in [2.05, 4.69) is 9.88 Å². The van der Waals surface area contributed by atoms with Crippen molar-refractivity contribution in [1.82, 2.24) is 9.88 Å². The number of rotatable bonds is 5. The number of aromatic carboxylic acids is 1. The molecule has 162 valence electrons. The summed E-state index contributed by atoms with van der Waals surface area (Å²) >= 11 is 0. The number of aromatic nitrogens is 1. The summed E-state index contributed by atoms with van der Waals surface area (Å²) in [7, 11) is 0. The van der Waals surface area contributed by atoms with Crippen LogP contribution in [0.2, 0.25) is 0 Å². The van der Waals surface area contributed by atoms with Crippen LogP contribution in [0.3, 0.4) is 0 Å². The molecule has 1 aromatic heterocycles. The van der Waals surface area contributed by atoms with Crippen molar-refractivity contribution in [2.45, 2.75) is 31.7 Å². The Labute approximate surface area is 185 Å². The predicted octanol–water partition coefficient (Wildman–Crippen LogP) is 3.35. The molecule has 1 amide bonds. The van der Waals surface area contributed by atoms with Crippen LogP contribution in [0.1, 0.15) is 28.0 Å². The molecule has 0 spiro atoms. The van der Waals surface area contributed by atoms with E-state index in [1.807, 2.05) is 42.5 Å². The van der Waals surface area contributed by atoms with Gasteiger partial charge in [-0.2, -0.15) is 0 Å². The summed E-state index contributed by atoms with van der Waals surface area (Å²) in [6.07, 6.45) is 2.25. The number of carboxylic acid groups (broad SMARTS) is 1. The van der Waals surface area contributed by atoms with Crippen molar-refractivity contribution in [3.8, 4) is 5.75 Å². The van der Waals surface area contributed by atoms with Crippen molar-refractivity contribution in [2.24, 2.45) is 0 Å². The maximum Gasteiger partial charge on any atom is 0.335 e. The molecule has 2 atom stereocenters. The van der Waals surface area contributed by atoms with Crippen LogP contribution in [-0.2, 0) is 17.9 Å². The molecule has 5 rings (SSSR count). The van der Waals surface area contributed by atoms with Crippen molar-refractivity contribution < 1.29 is 19.4 Å². The molecular formula is C25H23N3O4. The van der Waals surface area contributed by atoms with Crippen molar-refractivity contribution in [3.63, 3.8) is 0 Å². The summed E-state index contributed by atoms with van der Waals surface area (Å²) in [5.41, 5.74) is 2.77. The summed E-state index contributed by atoms with van der Waals surface area (Å²) < 4.78 is 6.33. The average molecular weight is 429 g/mol. The molecule has 1 N–H and O–H groups in total. The highest BCUT2D eigenvalue weighted by Gasteiger charge is 2.42. The minimum absolute atomic E-state index is 0.0241. The Morgan fingerprint density at radius 2 is 1.81 bits per heavy atom. The van der Waals surface area contributed by atoms with Crippen molar-refractivity contribution in [1.29, 1.82) is 0 Å². The fourth-order valence-corrected chi connectivity index (χ4v) is 4.44. The average Bonchev–Trinajstić information content (AvgIpc) is 3.21. The van der Waals surface area contributed by atoms with Crippen LogP contribution >= 0.6 is 0 Å². The quantitative estimate of drug-likeness (QED) is 0.670. The van der Waals surface area contributed by atoms with Gasteiger partial charge in [-0.15, -0.1) is 0 Å². The molecule has 1 fully saturated rings. The molecule has 3 aromatic rings. The van der Waals surface area contributed by atoms with Crippen LogP contribution in [0, 0.1) is 0 Å². The number of nitrogens with zero attached hydrogens (tertiary/aromatic N) is 3. The van der Waals surface area contributed by atoms with Gasteiger partial charge in [0, 0.05) is 25.7 Å². The van der Waals surface area contributed by atoms with Gasteiger partial charge >= 0.3 is 5.97 Å². The van der Waals surface area contributed by atoms with E-state index < -0.39 is 5.97 Å². The SMILES string of the molecule is O=C(O)c1ccc(CN2C[C@@H]3C[C@H]2C(=O)N(Cc2ccccn2)c2ccccc2O3)cc1. The zero-order chi connectivity index (χ0) is 22.1. The molecule has 32 heavy (non-hydrogen) atoms. The number of fused-ring (bicyclic) bond motifs is 3. The second kappa shape index (κ2) is 8.43. The number of carboxylic acids is 1. The zero-order valence-electron chi connectivity index (χ0n) is 17.4. The van der Waals surface area contributed by atoms with Gasteiger partial charge in [-0.3, -0.25) is 14.7 Å². The molecule has 2 aliphatic heterocycles. The molecule has 2 aromatic carbocycles. The molecule has 2 aliphatic rings. The van der Waals surface area contributed by atoms with E-state index in [0.29, 0.717) is 31.8 Å². The highest BCUT2D eigenvalue weighted by molar-refractivity contribution is 5.99. The summed E-state index contributed by atoms with van der Waals surface area (Å²) in [6, 6.07) is 19.8. The molecule has 0 aliphatic carbocycles. The number of carbonyl (C=O) groups excluding carboxylic acids is 1. The lowest BCUT2D eigenvalue weighted by Gasteiger charge is -2.31. The van der Waals surface area contributed by atoms with Crippen LogP contribution in [0.5, 0.6) is 5.75 Å². The second-order valence-corrected chi connectivity index (χ2v) is 8.14. The lowest BCUT2D eigenvalue weighted by Crippen LogP contribution is -2.45. The highest BCUT2D eigenvalue weighted by Crippen LogP contribution is 2.37. The van der Waals surface area contributed by atoms with E-state index in [-0.39, 0.29) is 23.6 Å².